The van der Waals surface area contributed by atoms with E-state index in [4.69, 9.17) is 0 Å². The Morgan fingerprint density at radius 2 is 2.32 bits per heavy atom. The summed E-state index contributed by atoms with van der Waals surface area (Å²) >= 11 is 3.26. The molecular weight excluding hydrogens is 311 g/mol. The fourth-order valence-corrected chi connectivity index (χ4v) is 2.21. The molecule has 0 saturated heterocycles. The molecule has 102 valence electrons. The summed E-state index contributed by atoms with van der Waals surface area (Å²) < 4.78 is 14.6. The van der Waals surface area contributed by atoms with E-state index in [9.17, 15) is 4.39 Å². The first kappa shape index (κ1) is 14.1. The van der Waals surface area contributed by atoms with Gasteiger partial charge in [-0.2, -0.15) is 5.10 Å². The van der Waals surface area contributed by atoms with Gasteiger partial charge in [-0.1, -0.05) is 28.9 Å². The average molecular weight is 327 g/mol. The van der Waals surface area contributed by atoms with Gasteiger partial charge in [0.2, 0.25) is 0 Å². The van der Waals surface area contributed by atoms with Crippen molar-refractivity contribution in [3.63, 3.8) is 0 Å². The summed E-state index contributed by atoms with van der Waals surface area (Å²) in [6.07, 6.45) is 3.01. The van der Waals surface area contributed by atoms with Crippen molar-refractivity contribution < 1.29 is 4.39 Å². The van der Waals surface area contributed by atoms with E-state index in [1.807, 2.05) is 6.07 Å². The fraction of sp³-hybridized carbons (Fsp3) is 0.385. The molecule has 19 heavy (non-hydrogen) atoms. The molecule has 1 aromatic heterocycles. The van der Waals surface area contributed by atoms with E-state index in [1.165, 1.54) is 12.4 Å². The third kappa shape index (κ3) is 3.84. The first-order chi connectivity index (χ1) is 9.20. The molecule has 1 aromatic carbocycles. The summed E-state index contributed by atoms with van der Waals surface area (Å²) in [6, 6.07) is 5.05. The molecule has 0 bridgehead atoms. The highest BCUT2D eigenvalue weighted by Gasteiger charge is 2.16. The van der Waals surface area contributed by atoms with Crippen molar-refractivity contribution in [1.82, 2.24) is 20.5 Å². The minimum atomic E-state index is -0.211. The number of benzene rings is 1. The maximum Gasteiger partial charge on any atom is 0.141 e. The van der Waals surface area contributed by atoms with Crippen molar-refractivity contribution >= 4 is 15.9 Å². The highest BCUT2D eigenvalue weighted by molar-refractivity contribution is 9.10. The van der Waals surface area contributed by atoms with E-state index in [2.05, 4.69) is 43.4 Å². The lowest BCUT2D eigenvalue weighted by atomic mass is 10.0. The van der Waals surface area contributed by atoms with Gasteiger partial charge in [0.25, 0.3) is 0 Å². The van der Waals surface area contributed by atoms with Crippen LogP contribution in [-0.2, 0) is 6.42 Å². The summed E-state index contributed by atoms with van der Waals surface area (Å²) in [5.41, 5.74) is 0.660. The van der Waals surface area contributed by atoms with Gasteiger partial charge in [0.05, 0.1) is 6.04 Å². The summed E-state index contributed by atoms with van der Waals surface area (Å²) in [4.78, 5) is 4.15. The molecule has 2 aromatic rings. The molecule has 0 spiro atoms. The molecule has 6 heteroatoms. The monoisotopic (exact) mass is 326 g/mol. The highest BCUT2D eigenvalue weighted by atomic mass is 79.9. The molecule has 2 rings (SSSR count). The maximum atomic E-state index is 13.9. The van der Waals surface area contributed by atoms with Gasteiger partial charge in [0.15, 0.2) is 0 Å². The highest BCUT2D eigenvalue weighted by Crippen LogP contribution is 2.20. The average Bonchev–Trinajstić information content (AvgIpc) is 2.90. The normalized spacial score (nSPS) is 12.6. The van der Waals surface area contributed by atoms with Crippen LogP contribution < -0.4 is 5.32 Å². The van der Waals surface area contributed by atoms with Crippen LogP contribution in [0.3, 0.4) is 0 Å². The van der Waals surface area contributed by atoms with Crippen LogP contribution in [0.5, 0.6) is 0 Å². The Morgan fingerprint density at radius 3 is 2.95 bits per heavy atom. The van der Waals surface area contributed by atoms with Crippen molar-refractivity contribution in [2.24, 2.45) is 0 Å². The van der Waals surface area contributed by atoms with Crippen LogP contribution in [0.2, 0.25) is 0 Å². The summed E-state index contributed by atoms with van der Waals surface area (Å²) in [5, 5.41) is 10.0. The Labute approximate surface area is 120 Å². The maximum absolute atomic E-state index is 13.9. The van der Waals surface area contributed by atoms with Gasteiger partial charge in [-0.3, -0.25) is 5.10 Å². The molecule has 4 nitrogen and oxygen atoms in total. The number of H-pyrrole nitrogens is 1. The van der Waals surface area contributed by atoms with Gasteiger partial charge in [-0.25, -0.2) is 9.37 Å². The third-order valence-electron chi connectivity index (χ3n) is 2.84. The predicted octanol–water partition coefficient (Wildman–Crippen LogP) is 2.99. The third-order valence-corrected chi connectivity index (χ3v) is 3.34. The van der Waals surface area contributed by atoms with E-state index in [0.29, 0.717) is 12.0 Å². The molecule has 2 N–H and O–H groups in total. The molecule has 0 radical (unpaired) electrons. The number of rotatable bonds is 6. The first-order valence-corrected chi connectivity index (χ1v) is 7.02. The fourth-order valence-electron chi connectivity index (χ4n) is 1.87. The Bertz CT molecular complexity index is 515. The lowest BCUT2D eigenvalue weighted by molar-refractivity contribution is 0.493. The Balaban J connectivity index is 2.15. The molecular formula is C13H16BrFN4. The van der Waals surface area contributed by atoms with Crippen LogP contribution in [0, 0.1) is 5.82 Å². The minimum Gasteiger partial charge on any atom is -0.307 e. The zero-order valence-corrected chi connectivity index (χ0v) is 12.2. The molecule has 1 atom stereocenters. The van der Waals surface area contributed by atoms with Crippen LogP contribution in [0.4, 0.5) is 4.39 Å². The van der Waals surface area contributed by atoms with Crippen LogP contribution >= 0.6 is 15.9 Å². The van der Waals surface area contributed by atoms with Gasteiger partial charge in [-0.05, 0) is 37.1 Å². The second-order valence-electron chi connectivity index (χ2n) is 4.32. The zero-order valence-electron chi connectivity index (χ0n) is 10.7. The van der Waals surface area contributed by atoms with Crippen LogP contribution in [0.25, 0.3) is 0 Å². The lowest BCUT2D eigenvalue weighted by Gasteiger charge is -2.16. The van der Waals surface area contributed by atoms with E-state index in [1.54, 1.807) is 6.07 Å². The standard InChI is InChI=1S/C13H16BrFN4/c1-2-5-16-12(13-17-8-18-19-13)6-9-3-4-10(14)7-11(9)15/h3-4,7-8,12,16H,2,5-6H2,1H3,(H,17,18,19). The molecule has 0 saturated carbocycles. The molecule has 0 aliphatic heterocycles. The number of aromatic amines is 1. The van der Waals surface area contributed by atoms with Crippen molar-refractivity contribution in [2.45, 2.75) is 25.8 Å². The minimum absolute atomic E-state index is 0.0573. The zero-order chi connectivity index (χ0) is 13.7. The smallest absolute Gasteiger partial charge is 0.141 e. The van der Waals surface area contributed by atoms with Crippen molar-refractivity contribution in [3.05, 3.63) is 46.2 Å². The van der Waals surface area contributed by atoms with Gasteiger partial charge in [0.1, 0.15) is 18.0 Å². The summed E-state index contributed by atoms with van der Waals surface area (Å²) in [7, 11) is 0. The molecule has 1 unspecified atom stereocenters. The Kier molecular flexibility index (Phi) is 5.04. The van der Waals surface area contributed by atoms with Crippen molar-refractivity contribution in [1.29, 1.82) is 0 Å². The molecule has 0 fully saturated rings. The molecule has 0 aliphatic carbocycles. The second-order valence-corrected chi connectivity index (χ2v) is 5.23. The van der Waals surface area contributed by atoms with Crippen molar-refractivity contribution in [2.75, 3.05) is 6.54 Å². The molecule has 0 aliphatic rings. The van der Waals surface area contributed by atoms with Crippen LogP contribution in [-0.4, -0.2) is 21.7 Å². The number of nitrogens with zero attached hydrogens (tertiary/aromatic N) is 2. The lowest BCUT2D eigenvalue weighted by Crippen LogP contribution is -2.25. The number of hydrogen-bond donors (Lipinski definition) is 2. The predicted molar refractivity (Wildman–Crippen MR) is 75.2 cm³/mol. The molecule has 0 amide bonds. The van der Waals surface area contributed by atoms with E-state index < -0.39 is 0 Å². The first-order valence-electron chi connectivity index (χ1n) is 6.23. The van der Waals surface area contributed by atoms with Crippen LogP contribution in [0.1, 0.15) is 30.8 Å². The number of halogens is 2. The van der Waals surface area contributed by atoms with Gasteiger partial charge in [0, 0.05) is 4.47 Å². The van der Waals surface area contributed by atoms with Gasteiger partial charge in [-0.15, -0.1) is 0 Å². The summed E-state index contributed by atoms with van der Waals surface area (Å²) in [5.74, 6) is 0.521. The van der Waals surface area contributed by atoms with Crippen LogP contribution in [0.15, 0.2) is 29.0 Å². The molecule has 1 heterocycles. The van der Waals surface area contributed by atoms with E-state index in [0.717, 1.165) is 23.3 Å². The van der Waals surface area contributed by atoms with Gasteiger partial charge >= 0.3 is 0 Å². The second kappa shape index (κ2) is 6.77. The quantitative estimate of drug-likeness (QED) is 0.858. The van der Waals surface area contributed by atoms with E-state index in [-0.39, 0.29) is 11.9 Å². The Hall–Kier alpha value is -1.27. The SMILES string of the molecule is CCCNC(Cc1ccc(Br)cc1F)c1ncn[nH]1. The van der Waals surface area contributed by atoms with Gasteiger partial charge < -0.3 is 5.32 Å². The number of aromatic nitrogens is 3. The van der Waals surface area contributed by atoms with E-state index >= 15 is 0 Å². The Morgan fingerprint density at radius 1 is 1.47 bits per heavy atom. The van der Waals surface area contributed by atoms with Crippen molar-refractivity contribution in [3.8, 4) is 0 Å². The largest absolute Gasteiger partial charge is 0.307 e. The number of nitrogens with one attached hydrogen (secondary N) is 2. The summed E-state index contributed by atoms with van der Waals surface area (Å²) in [6.45, 7) is 2.94. The topological polar surface area (TPSA) is 53.6 Å². The number of hydrogen-bond acceptors (Lipinski definition) is 3.